The summed E-state index contributed by atoms with van der Waals surface area (Å²) in [6, 6.07) is 0. The first-order valence-electron chi connectivity index (χ1n) is 2.63. The lowest BCUT2D eigenvalue weighted by Crippen LogP contribution is -1.80. The molecule has 0 aromatic carbocycles. The number of allylic oxidation sites excluding steroid dienone is 1. The zero-order valence-electron chi connectivity index (χ0n) is 5.02. The van der Waals surface area contributed by atoms with Gasteiger partial charge in [0.2, 0.25) is 0 Å². The first kappa shape index (κ1) is 8.43. The molecule has 1 N–H and O–H groups in total. The minimum absolute atomic E-state index is 0.183. The van der Waals surface area contributed by atoms with Gasteiger partial charge in [-0.05, 0) is 13.3 Å². The zero-order valence-corrected chi connectivity index (χ0v) is 7.18. The van der Waals surface area contributed by atoms with Crippen molar-refractivity contribution in [2.45, 2.75) is 13.3 Å². The molecule has 0 spiro atoms. The Balaban J connectivity index is 3.29. The van der Waals surface area contributed by atoms with Crippen LogP contribution in [0.15, 0.2) is 11.6 Å². The number of hydrogen-bond donors (Lipinski definition) is 1. The lowest BCUT2D eigenvalue weighted by molar-refractivity contribution is 0.341. The van der Waals surface area contributed by atoms with Crippen molar-refractivity contribution in [1.29, 1.82) is 0 Å². The van der Waals surface area contributed by atoms with Gasteiger partial charge in [-0.2, -0.15) is 0 Å². The average molecular weight is 226 g/mol. The number of aliphatic hydroxyl groups is 1. The summed E-state index contributed by atoms with van der Waals surface area (Å²) in [5.41, 5.74) is 1.28. The Morgan fingerprint density at radius 3 is 2.75 bits per heavy atom. The third-order valence-electron chi connectivity index (χ3n) is 0.929. The van der Waals surface area contributed by atoms with Crippen molar-refractivity contribution in [1.82, 2.24) is 0 Å². The van der Waals surface area contributed by atoms with Gasteiger partial charge in [0.1, 0.15) is 0 Å². The van der Waals surface area contributed by atoms with Crippen molar-refractivity contribution in [3.63, 3.8) is 0 Å². The fraction of sp³-hybridized carbons (Fsp3) is 0.667. The van der Waals surface area contributed by atoms with E-state index >= 15 is 0 Å². The molecular weight excluding hydrogens is 215 g/mol. The largest absolute Gasteiger partial charge is 0.392 e. The predicted molar refractivity (Wildman–Crippen MR) is 44.3 cm³/mol. The summed E-state index contributed by atoms with van der Waals surface area (Å²) < 4.78 is 1.14. The Hall–Kier alpha value is 0.430. The first-order chi connectivity index (χ1) is 3.81. The van der Waals surface area contributed by atoms with Crippen LogP contribution in [0.25, 0.3) is 0 Å². The quantitative estimate of drug-likeness (QED) is 0.441. The van der Waals surface area contributed by atoms with Crippen molar-refractivity contribution >= 4 is 22.6 Å². The predicted octanol–water partition coefficient (Wildman–Crippen LogP) is 1.75. The van der Waals surface area contributed by atoms with E-state index in [1.165, 1.54) is 5.57 Å². The second kappa shape index (κ2) is 5.56. The van der Waals surface area contributed by atoms with Crippen molar-refractivity contribution < 1.29 is 5.11 Å². The van der Waals surface area contributed by atoms with Crippen molar-refractivity contribution in [2.75, 3.05) is 11.0 Å². The zero-order chi connectivity index (χ0) is 6.41. The van der Waals surface area contributed by atoms with Gasteiger partial charge in [-0.1, -0.05) is 34.2 Å². The Morgan fingerprint density at radius 2 is 2.38 bits per heavy atom. The smallest absolute Gasteiger partial charge is 0.0614 e. The van der Waals surface area contributed by atoms with Crippen LogP contribution in [-0.4, -0.2) is 16.1 Å². The van der Waals surface area contributed by atoms with Crippen LogP contribution in [0.2, 0.25) is 0 Å². The van der Waals surface area contributed by atoms with E-state index in [0.717, 1.165) is 10.8 Å². The van der Waals surface area contributed by atoms with Gasteiger partial charge >= 0.3 is 0 Å². The molecule has 0 aromatic heterocycles. The molecule has 0 aliphatic rings. The van der Waals surface area contributed by atoms with Crippen LogP contribution in [0.1, 0.15) is 13.3 Å². The number of rotatable bonds is 3. The van der Waals surface area contributed by atoms with Crippen molar-refractivity contribution in [3.8, 4) is 0 Å². The standard InChI is InChI=1S/C6H11IO/c1-6(2-4-7)3-5-8/h3,8H,2,4-5H2,1H3. The molecule has 0 amide bonds. The maximum absolute atomic E-state index is 8.38. The Bertz CT molecular complexity index is 78.6. The van der Waals surface area contributed by atoms with Crippen LogP contribution in [0, 0.1) is 0 Å². The van der Waals surface area contributed by atoms with Gasteiger partial charge in [-0.15, -0.1) is 0 Å². The normalized spacial score (nSPS) is 12.1. The highest BCUT2D eigenvalue weighted by atomic mass is 127. The topological polar surface area (TPSA) is 20.2 Å². The Kier molecular flexibility index (Phi) is 5.86. The van der Waals surface area contributed by atoms with E-state index in [2.05, 4.69) is 22.6 Å². The molecule has 0 fully saturated rings. The van der Waals surface area contributed by atoms with Crippen LogP contribution >= 0.6 is 22.6 Å². The van der Waals surface area contributed by atoms with Gasteiger partial charge in [0.05, 0.1) is 6.61 Å². The number of aliphatic hydroxyl groups excluding tert-OH is 1. The molecule has 48 valence electrons. The van der Waals surface area contributed by atoms with Gasteiger partial charge in [0.25, 0.3) is 0 Å². The molecule has 1 nitrogen and oxygen atoms in total. The molecule has 0 aromatic rings. The van der Waals surface area contributed by atoms with E-state index in [-0.39, 0.29) is 6.61 Å². The fourth-order valence-corrected chi connectivity index (χ4v) is 1.26. The maximum Gasteiger partial charge on any atom is 0.0614 e. The molecule has 0 unspecified atom stereocenters. The molecule has 0 aliphatic heterocycles. The third-order valence-corrected chi connectivity index (χ3v) is 1.47. The van der Waals surface area contributed by atoms with Gasteiger partial charge < -0.3 is 5.11 Å². The van der Waals surface area contributed by atoms with E-state index in [4.69, 9.17) is 5.11 Å². The molecule has 0 saturated heterocycles. The second-order valence-electron chi connectivity index (χ2n) is 1.67. The monoisotopic (exact) mass is 226 g/mol. The SMILES string of the molecule is CC(=CCO)CCI. The summed E-state index contributed by atoms with van der Waals surface area (Å²) in [7, 11) is 0. The summed E-state index contributed by atoms with van der Waals surface area (Å²) >= 11 is 2.32. The van der Waals surface area contributed by atoms with Crippen molar-refractivity contribution in [2.24, 2.45) is 0 Å². The minimum atomic E-state index is 0.183. The van der Waals surface area contributed by atoms with E-state index in [1.807, 2.05) is 13.0 Å². The maximum atomic E-state index is 8.38. The summed E-state index contributed by atoms with van der Waals surface area (Å²) in [6.07, 6.45) is 2.94. The van der Waals surface area contributed by atoms with Crippen LogP contribution < -0.4 is 0 Å². The highest BCUT2D eigenvalue weighted by Crippen LogP contribution is 2.00. The molecule has 0 radical (unpaired) electrons. The molecule has 8 heavy (non-hydrogen) atoms. The van der Waals surface area contributed by atoms with Crippen LogP contribution in [-0.2, 0) is 0 Å². The molecular formula is C6H11IO. The summed E-state index contributed by atoms with van der Waals surface area (Å²) in [5, 5.41) is 8.38. The molecule has 0 rings (SSSR count). The first-order valence-corrected chi connectivity index (χ1v) is 4.16. The summed E-state index contributed by atoms with van der Waals surface area (Å²) in [4.78, 5) is 0. The van der Waals surface area contributed by atoms with Crippen LogP contribution in [0.4, 0.5) is 0 Å². The molecule has 0 bridgehead atoms. The number of alkyl halides is 1. The van der Waals surface area contributed by atoms with Crippen molar-refractivity contribution in [3.05, 3.63) is 11.6 Å². The molecule has 0 aliphatic carbocycles. The van der Waals surface area contributed by atoms with E-state index in [9.17, 15) is 0 Å². The van der Waals surface area contributed by atoms with E-state index in [0.29, 0.717) is 0 Å². The summed E-state index contributed by atoms with van der Waals surface area (Å²) in [5.74, 6) is 0. The lowest BCUT2D eigenvalue weighted by Gasteiger charge is -1.92. The fourth-order valence-electron chi connectivity index (χ4n) is 0.407. The molecule has 0 heterocycles. The Labute approximate surface area is 63.9 Å². The second-order valence-corrected chi connectivity index (χ2v) is 2.75. The third kappa shape index (κ3) is 4.59. The highest BCUT2D eigenvalue weighted by Gasteiger charge is 1.83. The number of halogens is 1. The van der Waals surface area contributed by atoms with E-state index in [1.54, 1.807) is 0 Å². The number of hydrogen-bond acceptors (Lipinski definition) is 1. The van der Waals surface area contributed by atoms with Gasteiger partial charge in [-0.3, -0.25) is 0 Å². The van der Waals surface area contributed by atoms with Gasteiger partial charge in [0, 0.05) is 4.43 Å². The average Bonchev–Trinajstić information content (AvgIpc) is 1.68. The van der Waals surface area contributed by atoms with Gasteiger partial charge in [0.15, 0.2) is 0 Å². The lowest BCUT2D eigenvalue weighted by atomic mass is 10.2. The van der Waals surface area contributed by atoms with Gasteiger partial charge in [-0.25, -0.2) is 0 Å². The molecule has 0 saturated carbocycles. The van der Waals surface area contributed by atoms with E-state index < -0.39 is 0 Å². The molecule has 0 atom stereocenters. The highest BCUT2D eigenvalue weighted by molar-refractivity contribution is 14.1. The van der Waals surface area contributed by atoms with Crippen LogP contribution in [0.5, 0.6) is 0 Å². The minimum Gasteiger partial charge on any atom is -0.392 e. The Morgan fingerprint density at radius 1 is 1.75 bits per heavy atom. The molecule has 2 heteroatoms. The van der Waals surface area contributed by atoms with Crippen LogP contribution in [0.3, 0.4) is 0 Å². The summed E-state index contributed by atoms with van der Waals surface area (Å²) in [6.45, 7) is 2.22.